The molecule has 5 atom stereocenters. The lowest BCUT2D eigenvalue weighted by atomic mass is 10.0. The molecule has 28 nitrogen and oxygen atoms in total. The Morgan fingerprint density at radius 2 is 0.617 bits per heavy atom. The molecule has 0 aliphatic rings. The molecule has 0 fully saturated rings. The van der Waals surface area contributed by atoms with Crippen LogP contribution < -0.4 is 48.3 Å². The normalized spacial score (nSPS) is 12.7. The number of carbonyl (C=O) groups is 12. The maximum atomic E-state index is 13.8. The molecule has 94 heavy (non-hydrogen) atoms. The maximum Gasteiger partial charge on any atom is 0.326 e. The number of unbranched alkanes of at least 4 members (excludes halogenated alkanes) is 26. The summed E-state index contributed by atoms with van der Waals surface area (Å²) in [6.07, 6.45) is 28.0. The van der Waals surface area contributed by atoms with Crippen LogP contribution in [0.3, 0.4) is 0 Å². The Morgan fingerprint density at radius 3 is 0.979 bits per heavy atom. The number of hydrogen-bond donors (Lipinski definition) is 13. The molecule has 0 bridgehead atoms. The highest BCUT2D eigenvalue weighted by Gasteiger charge is 2.33. The minimum atomic E-state index is -1.92. The minimum Gasteiger partial charge on any atom is -0.481 e. The lowest BCUT2D eigenvalue weighted by Gasteiger charge is -2.24. The fourth-order valence-electron chi connectivity index (χ4n) is 10.1. The first-order valence-electron chi connectivity index (χ1n) is 34.9. The van der Waals surface area contributed by atoms with Gasteiger partial charge in [-0.1, -0.05) is 181 Å². The smallest absolute Gasteiger partial charge is 0.326 e. The lowest BCUT2D eigenvalue weighted by molar-refractivity contribution is -0.144. The molecule has 0 radical (unpaired) electrons. The summed E-state index contributed by atoms with van der Waals surface area (Å²) in [7, 11) is 0. The van der Waals surface area contributed by atoms with Gasteiger partial charge in [0.25, 0.3) is 0 Å². The maximum absolute atomic E-state index is 13.8. The van der Waals surface area contributed by atoms with E-state index in [4.69, 9.17) is 19.9 Å². The van der Waals surface area contributed by atoms with E-state index in [1.54, 1.807) is 0 Å². The molecule has 0 aromatic carbocycles. The topological polar surface area (TPSA) is 436 Å². The summed E-state index contributed by atoms with van der Waals surface area (Å²) >= 11 is 0. The summed E-state index contributed by atoms with van der Waals surface area (Å²) in [5.74, 6) is -13.2. The van der Waals surface area contributed by atoms with E-state index >= 15 is 0 Å². The summed E-state index contributed by atoms with van der Waals surface area (Å²) in [6, 6.07) is -8.61. The van der Waals surface area contributed by atoms with Crippen LogP contribution in [0.15, 0.2) is 0 Å². The molecular formula is C66H119N9O19. The Hall–Kier alpha value is -6.52. The van der Waals surface area contributed by atoms with Crippen LogP contribution in [0.2, 0.25) is 0 Å². The molecule has 0 rings (SSSR count). The number of carboxylic acid groups (broad SMARTS) is 4. The lowest BCUT2D eigenvalue weighted by Crippen LogP contribution is -2.56. The zero-order valence-electron chi connectivity index (χ0n) is 56.6. The van der Waals surface area contributed by atoms with Crippen LogP contribution in [-0.4, -0.2) is 188 Å². The predicted octanol–water partition coefficient (Wildman–Crippen LogP) is 5.58. The Morgan fingerprint density at radius 1 is 0.319 bits per heavy atom. The molecule has 0 aromatic heterocycles. The molecule has 14 N–H and O–H groups in total. The van der Waals surface area contributed by atoms with Gasteiger partial charge in [0, 0.05) is 51.9 Å². The van der Waals surface area contributed by atoms with Crippen molar-refractivity contribution in [3.63, 3.8) is 0 Å². The van der Waals surface area contributed by atoms with Gasteiger partial charge in [-0.05, 0) is 32.1 Å². The van der Waals surface area contributed by atoms with Gasteiger partial charge in [0.1, 0.15) is 36.8 Å². The van der Waals surface area contributed by atoms with Crippen LogP contribution in [0.25, 0.3) is 0 Å². The molecule has 8 amide bonds. The number of ether oxygens (including phenoxy) is 3. The molecule has 0 saturated heterocycles. The third-order valence-electron chi connectivity index (χ3n) is 15.5. The van der Waals surface area contributed by atoms with E-state index in [1.807, 2.05) is 0 Å². The van der Waals surface area contributed by atoms with Crippen LogP contribution in [0.4, 0.5) is 0 Å². The van der Waals surface area contributed by atoms with Gasteiger partial charge in [0.05, 0.1) is 45.9 Å². The highest BCUT2D eigenvalue weighted by atomic mass is 16.5. The van der Waals surface area contributed by atoms with Crippen LogP contribution in [0.5, 0.6) is 0 Å². The highest BCUT2D eigenvalue weighted by Crippen LogP contribution is 2.15. The molecule has 0 heterocycles. The van der Waals surface area contributed by atoms with Crippen molar-refractivity contribution in [1.29, 1.82) is 0 Å². The molecular weight excluding hydrogens is 1220 g/mol. The SMILES string of the molecule is CCCCCCCCCCCCCCCCNC(=O)CC[C@H](NC(=O)[C@H](CC(=O)O)NC(=O)CCNC(=O)CC[C@H](NC(=O)[C@H](CC(=O)O)NC(=O)[C@H](CCC(=O)NCCCCCCCCCCCCCCCC)NC(=O)COCCOCCOCCN)C(=O)O)C(=O)O. The van der Waals surface area contributed by atoms with Crippen LogP contribution >= 0.6 is 0 Å². The first-order chi connectivity index (χ1) is 45.2. The predicted molar refractivity (Wildman–Crippen MR) is 353 cm³/mol. The van der Waals surface area contributed by atoms with E-state index in [9.17, 15) is 78.0 Å². The number of hydrogen-bond acceptors (Lipinski definition) is 16. The zero-order chi connectivity index (χ0) is 69.8. The highest BCUT2D eigenvalue weighted by molar-refractivity contribution is 5.96. The average molecular weight is 1340 g/mol. The van der Waals surface area contributed by atoms with E-state index in [-0.39, 0.29) is 45.5 Å². The van der Waals surface area contributed by atoms with Crippen molar-refractivity contribution in [2.45, 2.75) is 282 Å². The van der Waals surface area contributed by atoms with Gasteiger partial charge in [-0.15, -0.1) is 0 Å². The number of amides is 8. The average Bonchev–Trinajstić information content (AvgIpc) is 1.03. The van der Waals surface area contributed by atoms with Crippen molar-refractivity contribution in [3.05, 3.63) is 0 Å². The van der Waals surface area contributed by atoms with E-state index in [2.05, 4.69) is 56.4 Å². The summed E-state index contributed by atoms with van der Waals surface area (Å²) in [4.78, 5) is 153. The molecule has 0 unspecified atom stereocenters. The number of aliphatic carboxylic acids is 4. The standard InChI is InChI=1S/C66H119N9O19/c1-3-5-7-9-11-13-15-17-19-21-23-25-27-29-39-68-55(76)34-31-50(71-59(80)49-94-46-45-93-44-43-92-42-38-67)62(85)75-54(48-61(83)84)64(87)74-52(66(90)91)33-36-57(78)70-41-37-58(79)72-53(47-60(81)82)63(86)73-51(65(88)89)32-35-56(77)69-40-30-28-26-24-22-20-18-16-14-12-10-8-6-4-2/h50-54H,3-49,67H2,1-2H3,(H,68,76)(H,69,77)(H,70,78)(H,71,80)(H,72,79)(H,73,86)(H,74,87)(H,75,85)(H,81,82)(H,83,84)(H,88,89)(H,90,91)/t50-,51-,52-,53-,54-/m0/s1. The number of carbonyl (C=O) groups excluding carboxylic acids is 8. The van der Waals surface area contributed by atoms with E-state index in [0.717, 1.165) is 57.8 Å². The molecule has 0 aliphatic heterocycles. The first kappa shape index (κ1) is 87.5. The van der Waals surface area contributed by atoms with Crippen molar-refractivity contribution in [1.82, 2.24) is 42.5 Å². The quantitative estimate of drug-likeness (QED) is 0.0330. The third kappa shape index (κ3) is 52.8. The second-order valence-electron chi connectivity index (χ2n) is 24.0. The molecule has 542 valence electrons. The van der Waals surface area contributed by atoms with Gasteiger partial charge in [0.15, 0.2) is 0 Å². The van der Waals surface area contributed by atoms with Crippen molar-refractivity contribution in [2.24, 2.45) is 5.73 Å². The third-order valence-corrected chi connectivity index (χ3v) is 15.5. The van der Waals surface area contributed by atoms with Gasteiger partial charge in [-0.25, -0.2) is 9.59 Å². The summed E-state index contributed by atoms with van der Waals surface area (Å²) in [6.45, 7) is 5.56. The van der Waals surface area contributed by atoms with Crippen molar-refractivity contribution < 1.29 is 92.2 Å². The molecule has 0 aliphatic carbocycles. The van der Waals surface area contributed by atoms with Gasteiger partial charge in [0.2, 0.25) is 47.3 Å². The monoisotopic (exact) mass is 1340 g/mol. The second-order valence-corrected chi connectivity index (χ2v) is 24.0. The summed E-state index contributed by atoms with van der Waals surface area (Å²) in [5, 5.41) is 58.0. The molecule has 0 aromatic rings. The van der Waals surface area contributed by atoms with Gasteiger partial charge < -0.3 is 82.9 Å². The van der Waals surface area contributed by atoms with E-state index < -0.39 is 147 Å². The van der Waals surface area contributed by atoms with Crippen LogP contribution in [0.1, 0.15) is 251 Å². The summed E-state index contributed by atoms with van der Waals surface area (Å²) in [5.41, 5.74) is 5.39. The van der Waals surface area contributed by atoms with Gasteiger partial charge >= 0.3 is 23.9 Å². The number of carboxylic acids is 4. The number of rotatable bonds is 66. The second kappa shape index (κ2) is 60.2. The molecule has 0 spiro atoms. The van der Waals surface area contributed by atoms with Gasteiger partial charge in [-0.2, -0.15) is 0 Å². The zero-order valence-corrected chi connectivity index (χ0v) is 56.6. The Labute approximate surface area is 557 Å². The first-order valence-corrected chi connectivity index (χ1v) is 34.9. The van der Waals surface area contributed by atoms with Crippen molar-refractivity contribution in [3.8, 4) is 0 Å². The van der Waals surface area contributed by atoms with Crippen LogP contribution in [-0.2, 0) is 71.7 Å². The van der Waals surface area contributed by atoms with Gasteiger partial charge in [-0.3, -0.25) is 47.9 Å². The fourth-order valence-corrected chi connectivity index (χ4v) is 10.1. The molecule has 0 saturated carbocycles. The van der Waals surface area contributed by atoms with E-state index in [0.29, 0.717) is 32.8 Å². The number of nitrogens with two attached hydrogens (primary N) is 1. The fraction of sp³-hybridized carbons (Fsp3) is 0.818. The Kier molecular flexibility index (Phi) is 56.0. The Bertz CT molecular complexity index is 2140. The number of nitrogens with one attached hydrogen (secondary N) is 8. The van der Waals surface area contributed by atoms with Crippen LogP contribution in [0, 0.1) is 0 Å². The van der Waals surface area contributed by atoms with Crippen molar-refractivity contribution >= 4 is 71.1 Å². The van der Waals surface area contributed by atoms with Crippen molar-refractivity contribution in [2.75, 3.05) is 65.8 Å². The molecule has 28 heteroatoms. The largest absolute Gasteiger partial charge is 0.481 e. The minimum absolute atomic E-state index is 0.0185. The Balaban J connectivity index is 5.33. The summed E-state index contributed by atoms with van der Waals surface area (Å²) < 4.78 is 15.9. The van der Waals surface area contributed by atoms with E-state index in [1.165, 1.54) is 122 Å².